The normalized spacial score (nSPS) is 18.4. The number of carbonyl (C=O) groups is 2. The van der Waals surface area contributed by atoms with Gasteiger partial charge >= 0.3 is 0 Å². The molecule has 0 unspecified atom stereocenters. The number of amides is 2. The fourth-order valence-electron chi connectivity index (χ4n) is 7.28. The summed E-state index contributed by atoms with van der Waals surface area (Å²) >= 11 is 0. The summed E-state index contributed by atoms with van der Waals surface area (Å²) in [5.74, 6) is 1.50. The third kappa shape index (κ3) is 10.5. The first-order chi connectivity index (χ1) is 26.3. The average Bonchev–Trinajstić information content (AvgIpc) is 3.20. The number of methoxy groups -OCH3 is 2. The number of fused-ring (bicyclic) bond motifs is 1. The highest BCUT2D eigenvalue weighted by atomic mass is 16.7. The maximum Gasteiger partial charge on any atom is 0.220 e. The van der Waals surface area contributed by atoms with Crippen LogP contribution in [-0.2, 0) is 45.2 Å². The van der Waals surface area contributed by atoms with Gasteiger partial charge in [-0.3, -0.25) is 14.5 Å². The molecule has 6 rings (SSSR count). The molecule has 2 aliphatic rings. The van der Waals surface area contributed by atoms with E-state index in [1.807, 2.05) is 42.5 Å². The third-order valence-electron chi connectivity index (χ3n) is 10.2. The number of nitrogens with zero attached hydrogens (tertiary/aromatic N) is 1. The van der Waals surface area contributed by atoms with E-state index in [1.165, 1.54) is 18.1 Å². The molecule has 3 N–H and O–H groups in total. The van der Waals surface area contributed by atoms with Gasteiger partial charge in [-0.25, -0.2) is 0 Å². The topological polar surface area (TPSA) is 119 Å². The van der Waals surface area contributed by atoms with Crippen LogP contribution < -0.4 is 20.1 Å². The van der Waals surface area contributed by atoms with E-state index in [2.05, 4.69) is 58.0 Å². The molecule has 2 amide bonds. The van der Waals surface area contributed by atoms with Crippen molar-refractivity contribution in [1.29, 1.82) is 0 Å². The highest BCUT2D eigenvalue weighted by Gasteiger charge is 2.34. The van der Waals surface area contributed by atoms with Crippen LogP contribution >= 0.6 is 0 Å². The van der Waals surface area contributed by atoms with Crippen LogP contribution in [0.25, 0.3) is 11.1 Å². The van der Waals surface area contributed by atoms with Crippen LogP contribution in [-0.4, -0.2) is 61.8 Å². The van der Waals surface area contributed by atoms with Gasteiger partial charge < -0.3 is 34.7 Å². The molecular formula is C44H53N3O7. The van der Waals surface area contributed by atoms with Crippen LogP contribution in [0.1, 0.15) is 84.8 Å². The minimum Gasteiger partial charge on any atom is -0.493 e. The first-order valence-electron chi connectivity index (χ1n) is 19.0. The largest absolute Gasteiger partial charge is 0.493 e. The van der Waals surface area contributed by atoms with Crippen LogP contribution in [0.3, 0.4) is 0 Å². The Morgan fingerprint density at radius 2 is 1.56 bits per heavy atom. The number of aliphatic hydroxyl groups is 1. The van der Waals surface area contributed by atoms with Gasteiger partial charge in [0.1, 0.15) is 0 Å². The van der Waals surface area contributed by atoms with Crippen molar-refractivity contribution >= 4 is 11.8 Å². The Morgan fingerprint density at radius 3 is 2.30 bits per heavy atom. The lowest BCUT2D eigenvalue weighted by atomic mass is 9.96. The van der Waals surface area contributed by atoms with Gasteiger partial charge in [0.15, 0.2) is 17.8 Å². The predicted octanol–water partition coefficient (Wildman–Crippen LogP) is 6.78. The van der Waals surface area contributed by atoms with E-state index < -0.39 is 6.29 Å². The molecule has 2 heterocycles. The van der Waals surface area contributed by atoms with Gasteiger partial charge in [-0.2, -0.15) is 0 Å². The first-order valence-corrected chi connectivity index (χ1v) is 19.0. The quantitative estimate of drug-likeness (QED) is 0.108. The van der Waals surface area contributed by atoms with Crippen LogP contribution in [0.15, 0.2) is 84.9 Å². The summed E-state index contributed by atoms with van der Waals surface area (Å²) in [7, 11) is 3.34. The molecule has 4 aromatic rings. The molecule has 2 aliphatic heterocycles. The van der Waals surface area contributed by atoms with Crippen molar-refractivity contribution in [2.24, 2.45) is 0 Å². The standard InChI is InChI=1S/C44H53N3O7/c1-30(49)45-19-6-4-5-13-43(50)46-26-32-9-7-10-34(21-32)35-11-8-12-37(22-35)44-53-39(25-40(54-44)33-16-14-31(29-48)15-17-33)28-47-20-18-36-23-41(51-2)42(52-3)24-38(36)27-47/h7-12,14-17,21-24,39-40,44,48H,4-6,13,18-20,25-29H2,1-3H3,(H,45,49)(H,46,50)/t39-,40+,44+/m0/s1. The van der Waals surface area contributed by atoms with Crippen molar-refractivity contribution in [2.45, 2.75) is 83.6 Å². The van der Waals surface area contributed by atoms with Gasteiger partial charge in [0.2, 0.25) is 11.8 Å². The summed E-state index contributed by atoms with van der Waals surface area (Å²) in [6.45, 7) is 5.06. The summed E-state index contributed by atoms with van der Waals surface area (Å²) < 4.78 is 24.6. The van der Waals surface area contributed by atoms with Gasteiger partial charge in [-0.15, -0.1) is 0 Å². The molecule has 1 saturated heterocycles. The number of ether oxygens (including phenoxy) is 4. The van der Waals surface area contributed by atoms with Crippen LogP contribution in [0.5, 0.6) is 11.5 Å². The number of hydrogen-bond donors (Lipinski definition) is 3. The SMILES string of the molecule is COc1cc2c(cc1OC)CN(C[C@@H]1C[C@H](c3ccc(CO)cc3)O[C@H](c3cccc(-c4cccc(CNC(=O)CCCCCNC(C)=O)c4)c3)O1)CC2. The van der Waals surface area contributed by atoms with Crippen molar-refractivity contribution in [3.05, 3.63) is 118 Å². The Balaban J connectivity index is 1.13. The van der Waals surface area contributed by atoms with E-state index in [0.717, 1.165) is 90.2 Å². The molecule has 286 valence electrons. The van der Waals surface area contributed by atoms with Gasteiger partial charge in [-0.1, -0.05) is 67.1 Å². The zero-order valence-electron chi connectivity index (χ0n) is 31.6. The maximum absolute atomic E-state index is 12.5. The summed E-state index contributed by atoms with van der Waals surface area (Å²) in [5, 5.41) is 15.5. The molecular weight excluding hydrogens is 682 g/mol. The van der Waals surface area contributed by atoms with Crippen LogP contribution in [0.4, 0.5) is 0 Å². The molecule has 4 aromatic carbocycles. The fraction of sp³-hybridized carbons (Fsp3) is 0.409. The second-order valence-electron chi connectivity index (χ2n) is 14.2. The molecule has 10 heteroatoms. The third-order valence-corrected chi connectivity index (χ3v) is 10.2. The Kier molecular flexibility index (Phi) is 13.7. The number of rotatable bonds is 16. The first kappa shape index (κ1) is 39.0. The maximum atomic E-state index is 12.5. The fourth-order valence-corrected chi connectivity index (χ4v) is 7.28. The van der Waals surface area contributed by atoms with Gasteiger partial charge in [-0.05, 0) is 82.5 Å². The smallest absolute Gasteiger partial charge is 0.220 e. The van der Waals surface area contributed by atoms with Crippen molar-refractivity contribution in [2.75, 3.05) is 33.9 Å². The van der Waals surface area contributed by atoms with E-state index >= 15 is 0 Å². The Morgan fingerprint density at radius 1 is 0.815 bits per heavy atom. The van der Waals surface area contributed by atoms with Gasteiger partial charge in [0, 0.05) is 58.1 Å². The van der Waals surface area contributed by atoms with Crippen LogP contribution in [0, 0.1) is 0 Å². The van der Waals surface area contributed by atoms with Gasteiger partial charge in [0.05, 0.1) is 33.0 Å². The van der Waals surface area contributed by atoms with E-state index in [4.69, 9.17) is 18.9 Å². The number of unbranched alkanes of at least 4 members (excludes halogenated alkanes) is 2. The lowest BCUT2D eigenvalue weighted by Crippen LogP contribution is -2.41. The van der Waals surface area contributed by atoms with Gasteiger partial charge in [0.25, 0.3) is 0 Å². The number of carbonyl (C=O) groups excluding carboxylic acids is 2. The minimum absolute atomic E-state index is 0.00422. The predicted molar refractivity (Wildman–Crippen MR) is 208 cm³/mol. The van der Waals surface area contributed by atoms with E-state index in [-0.39, 0.29) is 30.6 Å². The highest BCUT2D eigenvalue weighted by molar-refractivity contribution is 5.76. The number of aliphatic hydroxyl groups excluding tert-OH is 1. The highest BCUT2D eigenvalue weighted by Crippen LogP contribution is 2.40. The second-order valence-corrected chi connectivity index (χ2v) is 14.2. The van der Waals surface area contributed by atoms with Crippen molar-refractivity contribution in [3.8, 4) is 22.6 Å². The second kappa shape index (κ2) is 19.0. The molecule has 0 spiro atoms. The summed E-state index contributed by atoms with van der Waals surface area (Å²) in [5.41, 5.74) is 8.48. The van der Waals surface area contributed by atoms with E-state index in [9.17, 15) is 14.7 Å². The number of hydrogen-bond acceptors (Lipinski definition) is 8. The monoisotopic (exact) mass is 735 g/mol. The Labute approximate surface area is 318 Å². The van der Waals surface area contributed by atoms with Crippen LogP contribution in [0.2, 0.25) is 0 Å². The molecule has 1 fully saturated rings. The molecule has 0 bridgehead atoms. The lowest BCUT2D eigenvalue weighted by molar-refractivity contribution is -0.253. The summed E-state index contributed by atoms with van der Waals surface area (Å²) in [6, 6.07) is 28.7. The van der Waals surface area contributed by atoms with Crippen molar-refractivity contribution in [3.63, 3.8) is 0 Å². The Bertz CT molecular complexity index is 1860. The molecule has 0 aromatic heterocycles. The average molecular weight is 736 g/mol. The molecule has 3 atom stereocenters. The summed E-state index contributed by atoms with van der Waals surface area (Å²) in [4.78, 5) is 26.0. The van der Waals surface area contributed by atoms with Crippen molar-refractivity contribution < 1.29 is 33.6 Å². The van der Waals surface area contributed by atoms with Crippen molar-refractivity contribution in [1.82, 2.24) is 15.5 Å². The zero-order valence-corrected chi connectivity index (χ0v) is 31.6. The number of benzene rings is 4. The lowest BCUT2D eigenvalue weighted by Gasteiger charge is -2.39. The Hall–Kier alpha value is -4.74. The molecule has 0 radical (unpaired) electrons. The summed E-state index contributed by atoms with van der Waals surface area (Å²) in [6.07, 6.45) is 3.79. The van der Waals surface area contributed by atoms with E-state index in [0.29, 0.717) is 25.9 Å². The zero-order chi connectivity index (χ0) is 37.9. The van der Waals surface area contributed by atoms with E-state index in [1.54, 1.807) is 14.2 Å². The molecule has 0 saturated carbocycles. The number of nitrogens with one attached hydrogen (secondary N) is 2. The minimum atomic E-state index is -0.576. The molecule has 54 heavy (non-hydrogen) atoms. The molecule has 0 aliphatic carbocycles. The molecule has 10 nitrogen and oxygen atoms in total.